The molecule has 0 radical (unpaired) electrons. The van der Waals surface area contributed by atoms with Crippen molar-refractivity contribution < 1.29 is 17.9 Å². The molecule has 2 aromatic rings. The molecule has 29 heavy (non-hydrogen) atoms. The van der Waals surface area contributed by atoms with E-state index in [1.807, 2.05) is 38.1 Å². The zero-order valence-electron chi connectivity index (χ0n) is 17.4. The Hall–Kier alpha value is -2.54. The Morgan fingerprint density at radius 1 is 1.17 bits per heavy atom. The summed E-state index contributed by atoms with van der Waals surface area (Å²) in [5.41, 5.74) is 4.78. The van der Waals surface area contributed by atoms with Gasteiger partial charge in [-0.1, -0.05) is 12.1 Å². The fourth-order valence-electron chi connectivity index (χ4n) is 3.72. The highest BCUT2D eigenvalue weighted by atomic mass is 32.2. The molecule has 0 bridgehead atoms. The van der Waals surface area contributed by atoms with E-state index in [0.717, 1.165) is 57.8 Å². The number of fused-ring (bicyclic) bond motifs is 1. The fourth-order valence-corrected chi connectivity index (χ4v) is 4.57. The van der Waals surface area contributed by atoms with Gasteiger partial charge in [0.2, 0.25) is 15.9 Å². The molecule has 0 aliphatic heterocycles. The number of rotatable bonds is 6. The first-order chi connectivity index (χ1) is 13.7. The first-order valence-electron chi connectivity index (χ1n) is 9.70. The summed E-state index contributed by atoms with van der Waals surface area (Å²) >= 11 is 0. The SMILES string of the molecule is COc1ccc2c(c1)CCCC2NC(=O)CN(c1ccc(C)c(C)c1)S(C)(=O)=O. The lowest BCUT2D eigenvalue weighted by molar-refractivity contribution is -0.120. The van der Waals surface area contributed by atoms with Gasteiger partial charge >= 0.3 is 0 Å². The number of carbonyl (C=O) groups excluding carboxylic acids is 1. The molecule has 1 atom stereocenters. The smallest absolute Gasteiger partial charge is 0.241 e. The zero-order chi connectivity index (χ0) is 21.2. The van der Waals surface area contributed by atoms with Crippen molar-refractivity contribution in [2.75, 3.05) is 24.2 Å². The quantitative estimate of drug-likeness (QED) is 0.784. The minimum absolute atomic E-state index is 0.127. The Morgan fingerprint density at radius 3 is 2.59 bits per heavy atom. The van der Waals surface area contributed by atoms with Crippen molar-refractivity contribution in [1.29, 1.82) is 0 Å². The van der Waals surface area contributed by atoms with Crippen LogP contribution in [0.1, 0.15) is 41.1 Å². The number of aryl methyl sites for hydroxylation is 3. The van der Waals surface area contributed by atoms with Gasteiger partial charge in [0.15, 0.2) is 0 Å². The molecular weight excluding hydrogens is 388 g/mol. The molecule has 0 saturated carbocycles. The molecule has 2 aromatic carbocycles. The number of ether oxygens (including phenoxy) is 1. The molecule has 0 aromatic heterocycles. The zero-order valence-corrected chi connectivity index (χ0v) is 18.2. The van der Waals surface area contributed by atoms with E-state index in [-0.39, 0.29) is 18.5 Å². The van der Waals surface area contributed by atoms with Crippen LogP contribution in [-0.4, -0.2) is 34.2 Å². The minimum Gasteiger partial charge on any atom is -0.497 e. The topological polar surface area (TPSA) is 75.7 Å². The van der Waals surface area contributed by atoms with Crippen molar-refractivity contribution in [2.24, 2.45) is 0 Å². The van der Waals surface area contributed by atoms with E-state index < -0.39 is 10.0 Å². The second kappa shape index (κ2) is 8.45. The van der Waals surface area contributed by atoms with Gasteiger partial charge in [0.25, 0.3) is 0 Å². The van der Waals surface area contributed by atoms with Crippen LogP contribution in [0.3, 0.4) is 0 Å². The monoisotopic (exact) mass is 416 g/mol. The molecule has 156 valence electrons. The van der Waals surface area contributed by atoms with E-state index in [1.54, 1.807) is 19.2 Å². The van der Waals surface area contributed by atoms with E-state index in [0.29, 0.717) is 5.69 Å². The number of hydrogen-bond acceptors (Lipinski definition) is 4. The predicted octanol–water partition coefficient (Wildman–Crippen LogP) is 3.27. The Balaban J connectivity index is 1.79. The summed E-state index contributed by atoms with van der Waals surface area (Å²) in [6.45, 7) is 3.64. The van der Waals surface area contributed by atoms with Crippen molar-refractivity contribution in [1.82, 2.24) is 5.32 Å². The highest BCUT2D eigenvalue weighted by Gasteiger charge is 2.26. The van der Waals surface area contributed by atoms with E-state index in [9.17, 15) is 13.2 Å². The number of hydrogen-bond donors (Lipinski definition) is 1. The third-order valence-electron chi connectivity index (χ3n) is 5.47. The molecule has 1 unspecified atom stereocenters. The Labute approximate surface area is 172 Å². The summed E-state index contributed by atoms with van der Waals surface area (Å²) in [5.74, 6) is 0.482. The van der Waals surface area contributed by atoms with Crippen LogP contribution in [-0.2, 0) is 21.2 Å². The average Bonchev–Trinajstić information content (AvgIpc) is 2.67. The third-order valence-corrected chi connectivity index (χ3v) is 6.61. The molecule has 6 nitrogen and oxygen atoms in total. The van der Waals surface area contributed by atoms with Gasteiger partial charge in [-0.25, -0.2) is 8.42 Å². The van der Waals surface area contributed by atoms with Crippen molar-refractivity contribution >= 4 is 21.6 Å². The lowest BCUT2D eigenvalue weighted by Gasteiger charge is -2.28. The van der Waals surface area contributed by atoms with Gasteiger partial charge < -0.3 is 10.1 Å². The maximum Gasteiger partial charge on any atom is 0.241 e. The summed E-state index contributed by atoms with van der Waals surface area (Å²) in [6, 6.07) is 11.2. The highest BCUT2D eigenvalue weighted by Crippen LogP contribution is 2.32. The second-order valence-electron chi connectivity index (χ2n) is 7.62. The van der Waals surface area contributed by atoms with Crippen LogP contribution in [0.4, 0.5) is 5.69 Å². The summed E-state index contributed by atoms with van der Waals surface area (Å²) in [7, 11) is -1.96. The number of amides is 1. The van der Waals surface area contributed by atoms with Crippen molar-refractivity contribution in [3.8, 4) is 5.75 Å². The molecule has 1 aliphatic rings. The van der Waals surface area contributed by atoms with Crippen molar-refractivity contribution in [3.05, 3.63) is 58.7 Å². The van der Waals surface area contributed by atoms with Gasteiger partial charge in [0, 0.05) is 0 Å². The molecule has 0 spiro atoms. The first kappa shape index (κ1) is 21.2. The standard InChI is InChI=1S/C22H28N2O4S/c1-15-8-9-18(12-16(15)2)24(29(4,26)27)14-22(25)23-21-7-5-6-17-13-19(28-3)10-11-20(17)21/h8-13,21H,5-7,14H2,1-4H3,(H,23,25). The number of nitrogens with one attached hydrogen (secondary N) is 1. The number of anilines is 1. The number of methoxy groups -OCH3 is 1. The maximum absolute atomic E-state index is 12.8. The van der Waals surface area contributed by atoms with Crippen LogP contribution in [0.2, 0.25) is 0 Å². The van der Waals surface area contributed by atoms with Crippen LogP contribution >= 0.6 is 0 Å². The van der Waals surface area contributed by atoms with Gasteiger partial charge in [-0.3, -0.25) is 9.10 Å². The van der Waals surface area contributed by atoms with Gasteiger partial charge in [0.1, 0.15) is 12.3 Å². The predicted molar refractivity (Wildman–Crippen MR) is 115 cm³/mol. The third kappa shape index (κ3) is 4.90. The minimum atomic E-state index is -3.60. The second-order valence-corrected chi connectivity index (χ2v) is 9.52. The Bertz CT molecular complexity index is 1020. The summed E-state index contributed by atoms with van der Waals surface area (Å²) in [5, 5.41) is 3.03. The highest BCUT2D eigenvalue weighted by molar-refractivity contribution is 7.92. The molecule has 0 heterocycles. The molecular formula is C22H28N2O4S. The van der Waals surface area contributed by atoms with E-state index in [2.05, 4.69) is 5.32 Å². The van der Waals surface area contributed by atoms with E-state index >= 15 is 0 Å². The molecule has 1 aliphatic carbocycles. The number of sulfonamides is 1. The maximum atomic E-state index is 12.8. The van der Waals surface area contributed by atoms with E-state index in [1.165, 1.54) is 0 Å². The van der Waals surface area contributed by atoms with Crippen LogP contribution in [0.15, 0.2) is 36.4 Å². The van der Waals surface area contributed by atoms with Crippen molar-refractivity contribution in [3.63, 3.8) is 0 Å². The van der Waals surface area contributed by atoms with Gasteiger partial charge in [-0.05, 0) is 79.6 Å². The van der Waals surface area contributed by atoms with Crippen LogP contribution in [0.5, 0.6) is 5.75 Å². The van der Waals surface area contributed by atoms with Gasteiger partial charge in [-0.15, -0.1) is 0 Å². The van der Waals surface area contributed by atoms with Crippen LogP contribution in [0, 0.1) is 13.8 Å². The molecule has 7 heteroatoms. The molecule has 3 rings (SSSR count). The summed E-state index contributed by atoms with van der Waals surface area (Å²) in [6.07, 6.45) is 3.85. The first-order valence-corrected chi connectivity index (χ1v) is 11.5. The Kier molecular flexibility index (Phi) is 6.17. The average molecular weight is 417 g/mol. The number of carbonyl (C=O) groups is 1. The largest absolute Gasteiger partial charge is 0.497 e. The molecule has 1 N–H and O–H groups in total. The summed E-state index contributed by atoms with van der Waals surface area (Å²) < 4.78 is 31.2. The van der Waals surface area contributed by atoms with E-state index in [4.69, 9.17) is 4.74 Å². The van der Waals surface area contributed by atoms with Gasteiger partial charge in [-0.2, -0.15) is 0 Å². The lowest BCUT2D eigenvalue weighted by Crippen LogP contribution is -2.42. The van der Waals surface area contributed by atoms with Crippen LogP contribution < -0.4 is 14.4 Å². The van der Waals surface area contributed by atoms with Crippen molar-refractivity contribution in [2.45, 2.75) is 39.2 Å². The van der Waals surface area contributed by atoms with Crippen LogP contribution in [0.25, 0.3) is 0 Å². The Morgan fingerprint density at radius 2 is 1.93 bits per heavy atom. The number of nitrogens with zero attached hydrogens (tertiary/aromatic N) is 1. The lowest BCUT2D eigenvalue weighted by atomic mass is 9.87. The fraction of sp³-hybridized carbons (Fsp3) is 0.409. The van der Waals surface area contributed by atoms with Gasteiger partial charge in [0.05, 0.1) is 25.1 Å². The number of benzene rings is 2. The normalized spacial score (nSPS) is 16.1. The molecule has 0 fully saturated rings. The molecule has 1 amide bonds. The molecule has 0 saturated heterocycles. The summed E-state index contributed by atoms with van der Waals surface area (Å²) in [4.78, 5) is 12.8.